The van der Waals surface area contributed by atoms with Gasteiger partial charge in [-0.15, -0.1) is 11.3 Å². The molecule has 1 atom stereocenters. The molecular formula is C34H38N2O4S. The fourth-order valence-electron chi connectivity index (χ4n) is 5.61. The van der Waals surface area contributed by atoms with Crippen LogP contribution in [-0.4, -0.2) is 30.1 Å². The van der Waals surface area contributed by atoms with Gasteiger partial charge in [0, 0.05) is 15.8 Å². The van der Waals surface area contributed by atoms with Gasteiger partial charge < -0.3 is 14.8 Å². The maximum Gasteiger partial charge on any atom is 0.341 e. The van der Waals surface area contributed by atoms with Crippen LogP contribution in [0, 0.1) is 11.3 Å². The second-order valence-electron chi connectivity index (χ2n) is 11.7. The Morgan fingerprint density at radius 1 is 1.12 bits per heavy atom. The van der Waals surface area contributed by atoms with Crippen LogP contribution in [0.5, 0.6) is 5.75 Å². The molecule has 5 rings (SSSR count). The van der Waals surface area contributed by atoms with Crippen molar-refractivity contribution in [2.24, 2.45) is 11.3 Å². The first kappa shape index (κ1) is 28.8. The first-order valence-corrected chi connectivity index (χ1v) is 15.1. The number of hydrogen-bond donors (Lipinski definition) is 1. The number of nitrogens with zero attached hydrogens (tertiary/aromatic N) is 1. The van der Waals surface area contributed by atoms with Gasteiger partial charge in [-0.05, 0) is 86.4 Å². The van der Waals surface area contributed by atoms with E-state index in [0.717, 1.165) is 53.5 Å². The van der Waals surface area contributed by atoms with Crippen LogP contribution < -0.4 is 10.1 Å². The number of thiophene rings is 1. The highest BCUT2D eigenvalue weighted by atomic mass is 32.1. The van der Waals surface area contributed by atoms with Crippen LogP contribution in [-0.2, 0) is 17.6 Å². The summed E-state index contributed by atoms with van der Waals surface area (Å²) in [7, 11) is 1.39. The molecule has 2 aromatic carbocycles. The van der Waals surface area contributed by atoms with E-state index in [-0.39, 0.29) is 17.4 Å². The lowest BCUT2D eigenvalue weighted by Crippen LogP contribution is -2.28. The maximum absolute atomic E-state index is 13.9. The third kappa shape index (κ3) is 5.87. The molecule has 0 bridgehead atoms. The van der Waals surface area contributed by atoms with E-state index in [2.05, 4.69) is 26.1 Å². The number of aromatic nitrogens is 1. The van der Waals surface area contributed by atoms with Gasteiger partial charge in [-0.25, -0.2) is 9.78 Å². The van der Waals surface area contributed by atoms with Crippen molar-refractivity contribution in [3.05, 3.63) is 76.2 Å². The van der Waals surface area contributed by atoms with Crippen LogP contribution in [0.25, 0.3) is 22.2 Å². The number of carbonyl (C=O) groups is 2. The van der Waals surface area contributed by atoms with Crippen LogP contribution in [0.3, 0.4) is 0 Å². The summed E-state index contributed by atoms with van der Waals surface area (Å²) in [5.41, 5.74) is 4.51. The molecule has 1 aliphatic rings. The van der Waals surface area contributed by atoms with Crippen molar-refractivity contribution in [2.45, 2.75) is 66.4 Å². The van der Waals surface area contributed by atoms with Crippen molar-refractivity contribution in [3.8, 4) is 17.0 Å². The van der Waals surface area contributed by atoms with E-state index in [1.807, 2.05) is 68.4 Å². The van der Waals surface area contributed by atoms with Gasteiger partial charge in [-0.3, -0.25) is 4.79 Å². The van der Waals surface area contributed by atoms with Gasteiger partial charge in [0.25, 0.3) is 5.91 Å². The first-order valence-electron chi connectivity index (χ1n) is 14.3. The summed E-state index contributed by atoms with van der Waals surface area (Å²) in [4.78, 5) is 32.9. The normalized spacial score (nSPS) is 15.0. The maximum atomic E-state index is 13.9. The molecule has 2 heterocycles. The Kier molecular flexibility index (Phi) is 8.18. The Bertz CT molecular complexity index is 1590. The lowest BCUT2D eigenvalue weighted by molar-refractivity contribution is 0.0600. The summed E-state index contributed by atoms with van der Waals surface area (Å²) >= 11 is 1.51. The molecule has 41 heavy (non-hydrogen) atoms. The fraction of sp³-hybridized carbons (Fsp3) is 0.382. The smallest absolute Gasteiger partial charge is 0.341 e. The van der Waals surface area contributed by atoms with Crippen LogP contribution in [0.15, 0.2) is 54.6 Å². The fourth-order valence-corrected chi connectivity index (χ4v) is 6.92. The summed E-state index contributed by atoms with van der Waals surface area (Å²) < 4.78 is 11.0. The Balaban J connectivity index is 1.52. The van der Waals surface area contributed by atoms with Gasteiger partial charge in [0.1, 0.15) is 10.8 Å². The van der Waals surface area contributed by atoms with Gasteiger partial charge in [0.15, 0.2) is 0 Å². The van der Waals surface area contributed by atoms with Crippen LogP contribution in [0.4, 0.5) is 5.00 Å². The van der Waals surface area contributed by atoms with Crippen molar-refractivity contribution in [2.75, 3.05) is 12.4 Å². The molecule has 1 unspecified atom stereocenters. The van der Waals surface area contributed by atoms with Crippen molar-refractivity contribution < 1.29 is 19.1 Å². The Morgan fingerprint density at radius 3 is 2.54 bits per heavy atom. The molecule has 4 aromatic rings. The van der Waals surface area contributed by atoms with Crippen molar-refractivity contribution in [1.82, 2.24) is 4.98 Å². The van der Waals surface area contributed by atoms with Gasteiger partial charge in [0.2, 0.25) is 0 Å². The predicted molar refractivity (Wildman–Crippen MR) is 166 cm³/mol. The van der Waals surface area contributed by atoms with Crippen molar-refractivity contribution in [1.29, 1.82) is 0 Å². The van der Waals surface area contributed by atoms with Crippen LogP contribution in [0.1, 0.15) is 78.6 Å². The zero-order valence-electron chi connectivity index (χ0n) is 24.7. The third-order valence-corrected chi connectivity index (χ3v) is 9.55. The zero-order chi connectivity index (χ0) is 29.3. The molecule has 0 radical (unpaired) electrons. The number of esters is 1. The van der Waals surface area contributed by atoms with Crippen molar-refractivity contribution in [3.63, 3.8) is 0 Å². The number of para-hydroxylation sites is 1. The average molecular weight is 571 g/mol. The summed E-state index contributed by atoms with van der Waals surface area (Å²) in [6.45, 7) is 10.8. The second-order valence-corrected chi connectivity index (χ2v) is 12.8. The molecule has 0 fully saturated rings. The third-order valence-electron chi connectivity index (χ3n) is 8.38. The van der Waals surface area contributed by atoms with Gasteiger partial charge in [-0.1, -0.05) is 45.4 Å². The lowest BCUT2D eigenvalue weighted by Gasteiger charge is -2.36. The van der Waals surface area contributed by atoms with Gasteiger partial charge in [0.05, 0.1) is 35.6 Å². The largest absolute Gasteiger partial charge is 0.491 e. The first-order chi connectivity index (χ1) is 19.6. The van der Waals surface area contributed by atoms with E-state index in [0.29, 0.717) is 27.7 Å². The number of benzene rings is 2. The van der Waals surface area contributed by atoms with E-state index in [1.54, 1.807) is 0 Å². The van der Waals surface area contributed by atoms with E-state index in [9.17, 15) is 9.59 Å². The highest BCUT2D eigenvalue weighted by Crippen LogP contribution is 2.46. The summed E-state index contributed by atoms with van der Waals surface area (Å²) in [5.74, 6) is 0.620. The Labute approximate surface area is 246 Å². The highest BCUT2D eigenvalue weighted by Gasteiger charge is 2.35. The quantitative estimate of drug-likeness (QED) is 0.216. The number of hydrogen-bond acceptors (Lipinski definition) is 6. The monoisotopic (exact) mass is 570 g/mol. The molecule has 7 heteroatoms. The SMILES string of the molecule is CCC(C)(C)C1CCc2c(sc(NC(=O)c3cc(-c4ccc(OC(C)C)cc4)nc4ccccc34)c2C(=O)OC)C1. The lowest BCUT2D eigenvalue weighted by atomic mass is 9.69. The number of nitrogens with one attached hydrogen (secondary N) is 1. The molecule has 0 saturated heterocycles. The molecule has 0 saturated carbocycles. The molecule has 1 amide bonds. The molecule has 0 spiro atoms. The zero-order valence-corrected chi connectivity index (χ0v) is 25.5. The highest BCUT2D eigenvalue weighted by molar-refractivity contribution is 7.17. The minimum Gasteiger partial charge on any atom is -0.491 e. The van der Waals surface area contributed by atoms with E-state index in [1.165, 1.54) is 23.3 Å². The topological polar surface area (TPSA) is 77.5 Å². The number of anilines is 1. The molecule has 6 nitrogen and oxygen atoms in total. The Hall–Kier alpha value is -3.71. The summed E-state index contributed by atoms with van der Waals surface area (Å²) in [6, 6.07) is 17.2. The number of methoxy groups -OCH3 is 1. The number of ether oxygens (including phenoxy) is 2. The molecule has 0 aliphatic heterocycles. The van der Waals surface area contributed by atoms with Crippen molar-refractivity contribution >= 4 is 39.1 Å². The Morgan fingerprint density at radius 2 is 1.85 bits per heavy atom. The second kappa shape index (κ2) is 11.6. The molecule has 214 valence electrons. The number of pyridine rings is 1. The van der Waals surface area contributed by atoms with Gasteiger partial charge >= 0.3 is 5.97 Å². The molecule has 1 aliphatic carbocycles. The summed E-state index contributed by atoms with van der Waals surface area (Å²) in [6.07, 6.45) is 3.90. The molecule has 2 aromatic heterocycles. The minimum atomic E-state index is -0.407. The van der Waals surface area contributed by atoms with E-state index in [4.69, 9.17) is 14.5 Å². The summed E-state index contributed by atoms with van der Waals surface area (Å²) in [5, 5.41) is 4.40. The molecule has 1 N–H and O–H groups in total. The minimum absolute atomic E-state index is 0.0803. The number of carbonyl (C=O) groups excluding carboxylic acids is 2. The number of fused-ring (bicyclic) bond motifs is 2. The standard InChI is InChI=1S/C34H38N2O4S/c1-7-34(4,5)22-14-17-25-29(18-22)41-32(30(25)33(38)39-6)36-31(37)26-19-28(35-27-11-9-8-10-24(26)27)21-12-15-23(16-13-21)40-20(2)3/h8-13,15-16,19-20,22H,7,14,17-18H2,1-6H3,(H,36,37). The van der Waals surface area contributed by atoms with Crippen LogP contribution in [0.2, 0.25) is 0 Å². The predicted octanol–water partition coefficient (Wildman–Crippen LogP) is 8.33. The molecular weight excluding hydrogens is 532 g/mol. The average Bonchev–Trinajstić information content (AvgIpc) is 3.33. The van der Waals surface area contributed by atoms with Crippen LogP contribution >= 0.6 is 11.3 Å². The number of amides is 1. The van der Waals surface area contributed by atoms with E-state index < -0.39 is 5.97 Å². The van der Waals surface area contributed by atoms with E-state index >= 15 is 0 Å². The van der Waals surface area contributed by atoms with Gasteiger partial charge in [-0.2, -0.15) is 0 Å². The number of rotatable bonds is 8.